The fraction of sp³-hybridized carbons (Fsp3) is 0.393. The van der Waals surface area contributed by atoms with Crippen LogP contribution in [0.25, 0.3) is 10.2 Å². The van der Waals surface area contributed by atoms with Crippen LogP contribution >= 0.6 is 33.9 Å². The van der Waals surface area contributed by atoms with E-state index in [0.29, 0.717) is 19.8 Å². The van der Waals surface area contributed by atoms with E-state index in [2.05, 4.69) is 22.4 Å². The van der Waals surface area contributed by atoms with Crippen molar-refractivity contribution in [1.82, 2.24) is 15.0 Å². The van der Waals surface area contributed by atoms with Gasteiger partial charge in [-0.25, -0.2) is 24.4 Å². The summed E-state index contributed by atoms with van der Waals surface area (Å²) in [7, 11) is 1.36. The third-order valence-electron chi connectivity index (χ3n) is 5.26. The summed E-state index contributed by atoms with van der Waals surface area (Å²) in [5, 5.41) is 2.51. The topological polar surface area (TPSA) is 150 Å². The number of anilines is 3. The monoisotopic (exact) mass is 745 g/mol. The third kappa shape index (κ3) is 8.66. The van der Waals surface area contributed by atoms with Crippen molar-refractivity contribution in [2.24, 2.45) is 7.05 Å². The average molecular weight is 746 g/mol. The number of imide groups is 1. The average Bonchev–Trinajstić information content (AvgIpc) is 3.30. The molecule has 0 fully saturated rings. The molecule has 0 aliphatic heterocycles. The minimum atomic E-state index is -1.11. The highest BCUT2D eigenvalue weighted by atomic mass is 127. The van der Waals surface area contributed by atoms with Gasteiger partial charge in [-0.2, -0.15) is 4.90 Å². The van der Waals surface area contributed by atoms with E-state index >= 15 is 0 Å². The Kier molecular flexibility index (Phi) is 11.0. The van der Waals surface area contributed by atoms with Crippen LogP contribution in [0.5, 0.6) is 0 Å². The van der Waals surface area contributed by atoms with Gasteiger partial charge in [0.25, 0.3) is 11.5 Å². The van der Waals surface area contributed by atoms with Crippen molar-refractivity contribution in [2.75, 3.05) is 23.4 Å². The number of aromatic nitrogens is 2. The largest absolute Gasteiger partial charge is 0.499 e. The first kappa shape index (κ1) is 34.7. The summed E-state index contributed by atoms with van der Waals surface area (Å²) in [5.74, 6) is -1.65. The van der Waals surface area contributed by atoms with Gasteiger partial charge >= 0.3 is 12.2 Å². The molecule has 0 spiro atoms. The number of carbonyl (C=O) groups excluding carboxylic acids is 3. The summed E-state index contributed by atoms with van der Waals surface area (Å²) < 4.78 is 32.3. The number of hydrogen-bond acceptors (Lipinski definition) is 11. The lowest BCUT2D eigenvalue weighted by Crippen LogP contribution is -2.43. The first-order valence-corrected chi connectivity index (χ1v) is 15.0. The zero-order chi connectivity index (χ0) is 33.0. The summed E-state index contributed by atoms with van der Waals surface area (Å²) in [6.07, 6.45) is -1.02. The van der Waals surface area contributed by atoms with Crippen LogP contribution in [0.4, 0.5) is 30.6 Å². The highest BCUT2D eigenvalue weighted by Gasteiger charge is 2.36. The Morgan fingerprint density at radius 1 is 1.11 bits per heavy atom. The lowest BCUT2D eigenvalue weighted by atomic mass is 10.2. The van der Waals surface area contributed by atoms with E-state index in [-0.39, 0.29) is 45.6 Å². The predicted octanol–water partition coefficient (Wildman–Crippen LogP) is 5.98. The summed E-state index contributed by atoms with van der Waals surface area (Å²) in [5.41, 5.74) is -0.862. The Hall–Kier alpha value is -3.77. The molecule has 0 unspecified atom stereocenters. The van der Waals surface area contributed by atoms with Crippen LogP contribution in [0.15, 0.2) is 35.8 Å². The maximum Gasteiger partial charge on any atom is 0.426 e. The van der Waals surface area contributed by atoms with Crippen LogP contribution in [-0.4, -0.2) is 52.1 Å². The summed E-state index contributed by atoms with van der Waals surface area (Å²) >= 11 is 2.61. The molecule has 3 aromatic rings. The highest BCUT2D eigenvalue weighted by molar-refractivity contribution is 14.1. The van der Waals surface area contributed by atoms with E-state index in [9.17, 15) is 23.6 Å². The fourth-order valence-electron chi connectivity index (χ4n) is 3.52. The molecular formula is C28H33FIN5O8S. The fourth-order valence-corrected chi connectivity index (χ4v) is 5.00. The molecule has 2 heterocycles. The molecule has 3 rings (SSSR count). The number of nitrogens with one attached hydrogen (secondary N) is 2. The first-order chi connectivity index (χ1) is 20.4. The summed E-state index contributed by atoms with van der Waals surface area (Å²) in [6, 6.07) is 4.34. The molecule has 13 nitrogen and oxygen atoms in total. The molecule has 0 bridgehead atoms. The van der Waals surface area contributed by atoms with Crippen molar-refractivity contribution in [3.05, 3.63) is 56.3 Å². The number of fused-ring (bicyclic) bond motifs is 1. The van der Waals surface area contributed by atoms with Crippen molar-refractivity contribution in [2.45, 2.75) is 52.7 Å². The molecule has 0 atom stereocenters. The molecular weight excluding hydrogens is 712 g/mol. The number of halogens is 2. The second-order valence-corrected chi connectivity index (χ2v) is 13.3. The van der Waals surface area contributed by atoms with Crippen molar-refractivity contribution in [3.63, 3.8) is 0 Å². The number of thiazole rings is 1. The first-order valence-electron chi connectivity index (χ1n) is 13.1. The van der Waals surface area contributed by atoms with E-state index in [1.54, 1.807) is 47.6 Å². The molecule has 0 saturated carbocycles. The number of pyridine rings is 1. The third-order valence-corrected chi connectivity index (χ3v) is 6.96. The van der Waals surface area contributed by atoms with Crippen molar-refractivity contribution in [3.8, 4) is 0 Å². The molecule has 0 aliphatic rings. The van der Waals surface area contributed by atoms with E-state index < -0.39 is 40.7 Å². The van der Waals surface area contributed by atoms with Gasteiger partial charge in [0.1, 0.15) is 51.8 Å². The normalized spacial score (nSPS) is 11.6. The Morgan fingerprint density at radius 3 is 2.27 bits per heavy atom. The predicted molar refractivity (Wildman–Crippen MR) is 172 cm³/mol. The van der Waals surface area contributed by atoms with Crippen LogP contribution < -0.4 is 21.3 Å². The number of hydrogen-bond donors (Lipinski definition) is 2. The van der Waals surface area contributed by atoms with E-state index in [0.717, 1.165) is 4.57 Å². The molecule has 0 saturated heterocycles. The number of benzene rings is 1. The number of carbonyl (C=O) groups is 3. The lowest BCUT2D eigenvalue weighted by molar-refractivity contribution is 0.0146. The number of nitrogens with zero attached hydrogens (tertiary/aromatic N) is 3. The van der Waals surface area contributed by atoms with Crippen LogP contribution in [0.1, 0.15) is 51.9 Å². The minimum Gasteiger partial charge on any atom is -0.499 e. The Bertz CT molecular complexity index is 1620. The number of amides is 3. The SMILES string of the molecule is C=COCCONC(=O)c1c(Nc2ccc(I)cc2F)n(C)c(=O)c2sc(N(C(=O)OC(C)(C)C)C(=O)OC(C)(C)C)nc12. The number of rotatable bonds is 9. The maximum atomic E-state index is 14.9. The molecule has 1 aromatic carbocycles. The molecule has 0 radical (unpaired) electrons. The maximum absolute atomic E-state index is 14.9. The van der Waals surface area contributed by atoms with Gasteiger partial charge in [-0.05, 0) is 82.3 Å². The summed E-state index contributed by atoms with van der Waals surface area (Å²) in [6.45, 7) is 13.1. The second kappa shape index (κ2) is 13.9. The molecule has 2 N–H and O–H groups in total. The Morgan fingerprint density at radius 2 is 1.73 bits per heavy atom. The van der Waals surface area contributed by atoms with Crippen LogP contribution in [0, 0.1) is 9.39 Å². The zero-order valence-electron chi connectivity index (χ0n) is 25.2. The van der Waals surface area contributed by atoms with Gasteiger partial charge in [0.2, 0.25) is 5.13 Å². The van der Waals surface area contributed by atoms with Gasteiger partial charge in [0.05, 0.1) is 11.9 Å². The Balaban J connectivity index is 2.25. The van der Waals surface area contributed by atoms with E-state index in [1.807, 2.05) is 22.6 Å². The highest BCUT2D eigenvalue weighted by Crippen LogP contribution is 2.35. The van der Waals surface area contributed by atoms with Gasteiger partial charge in [0.15, 0.2) is 0 Å². The van der Waals surface area contributed by atoms with Gasteiger partial charge < -0.3 is 19.5 Å². The van der Waals surface area contributed by atoms with Crippen molar-refractivity contribution < 1.29 is 37.8 Å². The Labute approximate surface area is 270 Å². The van der Waals surface area contributed by atoms with Gasteiger partial charge in [-0.3, -0.25) is 19.0 Å². The minimum absolute atomic E-state index is 0.0336. The van der Waals surface area contributed by atoms with Crippen LogP contribution in [0.2, 0.25) is 0 Å². The molecule has 0 aliphatic carbocycles. The van der Waals surface area contributed by atoms with E-state index in [4.69, 9.17) is 19.0 Å². The molecule has 238 valence electrons. The number of hydroxylamine groups is 1. The van der Waals surface area contributed by atoms with Gasteiger partial charge in [-0.1, -0.05) is 17.9 Å². The van der Waals surface area contributed by atoms with Gasteiger partial charge in [0, 0.05) is 10.6 Å². The second-order valence-electron chi connectivity index (χ2n) is 11.1. The zero-order valence-corrected chi connectivity index (χ0v) is 28.2. The van der Waals surface area contributed by atoms with Crippen LogP contribution in [0.3, 0.4) is 0 Å². The standard InChI is InChI=1S/C28H33FIN5O8S/c1-9-40-12-13-41-33-22(36)18-19-20(23(37)34(8)21(18)31-17-11-10-15(30)14-16(17)29)44-24(32-19)35(25(38)42-27(2,3)4)26(39)43-28(5,6)7/h9-11,14,31H,1,12-13H2,2-8H3,(H,33,36). The quantitative estimate of drug-likeness (QED) is 0.116. The van der Waals surface area contributed by atoms with E-state index in [1.165, 1.54) is 25.4 Å². The number of ether oxygens (including phenoxy) is 3. The van der Waals surface area contributed by atoms with Crippen LogP contribution in [-0.2, 0) is 26.1 Å². The smallest absolute Gasteiger partial charge is 0.426 e. The van der Waals surface area contributed by atoms with Crippen molar-refractivity contribution >= 4 is 78.9 Å². The van der Waals surface area contributed by atoms with Gasteiger partial charge in [-0.15, -0.1) is 0 Å². The summed E-state index contributed by atoms with van der Waals surface area (Å²) in [4.78, 5) is 63.8. The molecule has 16 heteroatoms. The lowest BCUT2D eigenvalue weighted by Gasteiger charge is -2.27. The molecule has 2 aromatic heterocycles. The molecule has 3 amide bonds. The molecule has 44 heavy (non-hydrogen) atoms. The van der Waals surface area contributed by atoms with Crippen molar-refractivity contribution in [1.29, 1.82) is 0 Å².